The molecule has 0 fully saturated rings. The van der Waals surface area contributed by atoms with Crippen LogP contribution >= 0.6 is 58.0 Å². The van der Waals surface area contributed by atoms with Crippen molar-refractivity contribution in [1.82, 2.24) is 4.57 Å². The van der Waals surface area contributed by atoms with Gasteiger partial charge in [0.25, 0.3) is 0 Å². The quantitative estimate of drug-likeness (QED) is 0.228. The summed E-state index contributed by atoms with van der Waals surface area (Å²) in [4.78, 5) is 20.2. The van der Waals surface area contributed by atoms with E-state index in [1.165, 1.54) is 6.08 Å². The van der Waals surface area contributed by atoms with Gasteiger partial charge >= 0.3 is 12.1 Å². The predicted octanol–water partition coefficient (Wildman–Crippen LogP) is 7.53. The molecule has 0 spiro atoms. The molecule has 1 aromatic carbocycles. The molecule has 0 aliphatic carbocycles. The third-order valence-corrected chi connectivity index (χ3v) is 5.30. The molecule has 0 bridgehead atoms. The van der Waals surface area contributed by atoms with Crippen molar-refractivity contribution in [2.45, 2.75) is 19.5 Å². The summed E-state index contributed by atoms with van der Waals surface area (Å²) in [7, 11) is 1.02. The highest BCUT2D eigenvalue weighted by molar-refractivity contribution is 6.55. The Morgan fingerprint density at radius 2 is 1.80 bits per heavy atom. The van der Waals surface area contributed by atoms with Gasteiger partial charge in [-0.15, -0.1) is 0 Å². The van der Waals surface area contributed by atoms with E-state index < -0.39 is 45.0 Å². The summed E-state index contributed by atoms with van der Waals surface area (Å²) in [5.41, 5.74) is -2.49. The number of halogens is 9. The van der Waals surface area contributed by atoms with Crippen molar-refractivity contribution in [2.75, 3.05) is 0 Å². The lowest BCUT2D eigenvalue weighted by Crippen LogP contribution is -2.11. The second-order valence-corrected chi connectivity index (χ2v) is 7.89. The minimum atomic E-state index is -4.87. The third-order valence-electron chi connectivity index (χ3n) is 3.77. The molecule has 2 rings (SSSR count). The van der Waals surface area contributed by atoms with E-state index in [1.54, 1.807) is 0 Å². The largest absolute Gasteiger partial charge is 0.432 e. The van der Waals surface area contributed by atoms with Crippen LogP contribution in [-0.2, 0) is 29.3 Å². The van der Waals surface area contributed by atoms with Crippen LogP contribution in [0.25, 0.3) is 11.1 Å². The van der Waals surface area contributed by atoms with Crippen molar-refractivity contribution in [3.8, 4) is 16.9 Å². The Morgan fingerprint density at radius 1 is 1.20 bits per heavy atom. The first-order valence-corrected chi connectivity index (χ1v) is 9.64. The summed E-state index contributed by atoms with van der Waals surface area (Å²) in [6.07, 6.45) is -3.96. The summed E-state index contributed by atoms with van der Waals surface area (Å²) in [6.45, 7) is 1.02. The standard InChI is InChI=1S/C17H10Cl5F4NO3/c1-6(28)29-30-9-5-8(14(23)7(12(9)20)3-4-10(18)19)11-13(21)15(17(24,25)26)27(2)16(11)22/h4-5H,3H2,1-2H3. The molecule has 0 amide bonds. The molecule has 1 aromatic heterocycles. The molecule has 30 heavy (non-hydrogen) atoms. The number of carbonyl (C=O) groups excluding carboxylic acids is 1. The fourth-order valence-electron chi connectivity index (χ4n) is 2.54. The van der Waals surface area contributed by atoms with Gasteiger partial charge in [-0.05, 0) is 18.6 Å². The lowest BCUT2D eigenvalue weighted by atomic mass is 10.0. The van der Waals surface area contributed by atoms with Crippen LogP contribution in [-0.4, -0.2) is 10.5 Å². The summed E-state index contributed by atoms with van der Waals surface area (Å²) in [5, 5.41) is -1.67. The van der Waals surface area contributed by atoms with Crippen LogP contribution in [0.2, 0.25) is 15.2 Å². The third kappa shape index (κ3) is 5.11. The molecule has 2 aromatic rings. The predicted molar refractivity (Wildman–Crippen MR) is 107 cm³/mol. The van der Waals surface area contributed by atoms with Crippen molar-refractivity contribution in [3.63, 3.8) is 0 Å². The van der Waals surface area contributed by atoms with Crippen LogP contribution < -0.4 is 4.89 Å². The van der Waals surface area contributed by atoms with E-state index in [9.17, 15) is 18.0 Å². The Kier molecular flexibility index (Phi) is 7.85. The molecule has 0 atom stereocenters. The zero-order chi connectivity index (χ0) is 23.0. The normalized spacial score (nSPS) is 11.4. The van der Waals surface area contributed by atoms with Gasteiger partial charge in [0.15, 0.2) is 5.75 Å². The van der Waals surface area contributed by atoms with E-state index in [2.05, 4.69) is 4.89 Å². The van der Waals surface area contributed by atoms with Gasteiger partial charge in [0, 0.05) is 30.7 Å². The number of benzene rings is 1. The average molecular weight is 530 g/mol. The minimum absolute atomic E-state index is 0.214. The SMILES string of the molecule is CC(=O)OOc1cc(-c2c(Cl)c(C(F)(F)F)n(C)c2Cl)c(F)c(CC=C(Cl)Cl)c1Cl. The van der Waals surface area contributed by atoms with Crippen molar-refractivity contribution >= 4 is 64.0 Å². The van der Waals surface area contributed by atoms with Crippen LogP contribution in [0.4, 0.5) is 17.6 Å². The minimum Gasteiger partial charge on any atom is -0.329 e. The Morgan fingerprint density at radius 3 is 2.27 bits per heavy atom. The fourth-order valence-corrected chi connectivity index (χ4v) is 3.69. The molecule has 0 saturated carbocycles. The number of hydrogen-bond acceptors (Lipinski definition) is 3. The number of rotatable bonds is 5. The van der Waals surface area contributed by atoms with E-state index >= 15 is 4.39 Å². The molecule has 0 N–H and O–H groups in total. The van der Waals surface area contributed by atoms with Gasteiger partial charge in [-0.25, -0.2) is 9.18 Å². The molecule has 13 heteroatoms. The van der Waals surface area contributed by atoms with Crippen LogP contribution in [0.5, 0.6) is 5.75 Å². The van der Waals surface area contributed by atoms with E-state index in [-0.39, 0.29) is 27.2 Å². The second-order valence-electron chi connectivity index (χ2n) is 5.77. The van der Waals surface area contributed by atoms with Crippen LogP contribution in [0, 0.1) is 5.82 Å². The molecule has 0 unspecified atom stereocenters. The first-order valence-electron chi connectivity index (χ1n) is 7.75. The molecule has 0 saturated heterocycles. The molecule has 0 radical (unpaired) electrons. The number of aromatic nitrogens is 1. The number of alkyl halides is 3. The zero-order valence-electron chi connectivity index (χ0n) is 14.9. The maximum absolute atomic E-state index is 15.3. The maximum atomic E-state index is 15.3. The van der Waals surface area contributed by atoms with Gasteiger partial charge < -0.3 is 4.57 Å². The average Bonchev–Trinajstić information content (AvgIpc) is 2.83. The monoisotopic (exact) mass is 527 g/mol. The fraction of sp³-hybridized carbons (Fsp3) is 0.235. The highest BCUT2D eigenvalue weighted by atomic mass is 35.5. The van der Waals surface area contributed by atoms with Crippen molar-refractivity contribution in [2.24, 2.45) is 7.05 Å². The van der Waals surface area contributed by atoms with Gasteiger partial charge in [-0.3, -0.25) is 9.78 Å². The zero-order valence-corrected chi connectivity index (χ0v) is 18.7. The van der Waals surface area contributed by atoms with Gasteiger partial charge in [0.1, 0.15) is 21.2 Å². The number of allylic oxidation sites excluding steroid dienone is 1. The van der Waals surface area contributed by atoms with Crippen molar-refractivity contribution < 1.29 is 32.1 Å². The van der Waals surface area contributed by atoms with E-state index in [1.807, 2.05) is 0 Å². The molecule has 0 aliphatic rings. The Hall–Kier alpha value is -1.32. The molecule has 4 nitrogen and oxygen atoms in total. The van der Waals surface area contributed by atoms with E-state index in [0.717, 1.165) is 20.0 Å². The lowest BCUT2D eigenvalue weighted by Gasteiger charge is -2.14. The molecular formula is C17H10Cl5F4NO3. The second kappa shape index (κ2) is 9.44. The number of hydrogen-bond donors (Lipinski definition) is 0. The Bertz CT molecular complexity index is 1030. The lowest BCUT2D eigenvalue weighted by molar-refractivity contribution is -0.210. The van der Waals surface area contributed by atoms with Crippen LogP contribution in [0.1, 0.15) is 18.2 Å². The molecule has 164 valence electrons. The first kappa shape index (κ1) is 24.9. The first-order chi connectivity index (χ1) is 13.8. The van der Waals surface area contributed by atoms with Gasteiger partial charge in [0.05, 0.1) is 10.0 Å². The van der Waals surface area contributed by atoms with Gasteiger partial charge in [-0.2, -0.15) is 13.2 Å². The van der Waals surface area contributed by atoms with Crippen molar-refractivity contribution in [3.05, 3.63) is 48.9 Å². The molecule has 1 heterocycles. The van der Waals surface area contributed by atoms with Crippen LogP contribution in [0.15, 0.2) is 16.6 Å². The Balaban J connectivity index is 2.83. The molecular weight excluding hydrogens is 519 g/mol. The smallest absolute Gasteiger partial charge is 0.329 e. The number of carbonyl (C=O) groups is 1. The topological polar surface area (TPSA) is 40.5 Å². The van der Waals surface area contributed by atoms with E-state index in [0.29, 0.717) is 4.57 Å². The molecule has 0 aliphatic heterocycles. The summed E-state index contributed by atoms with van der Waals surface area (Å²) >= 11 is 29.1. The van der Waals surface area contributed by atoms with Gasteiger partial charge in [-0.1, -0.05) is 58.0 Å². The Labute approximate surface area is 192 Å². The highest BCUT2D eigenvalue weighted by Gasteiger charge is 2.40. The van der Waals surface area contributed by atoms with Gasteiger partial charge in [0.2, 0.25) is 0 Å². The number of nitrogens with zero attached hydrogens (tertiary/aromatic N) is 1. The highest BCUT2D eigenvalue weighted by Crippen LogP contribution is 2.48. The maximum Gasteiger partial charge on any atom is 0.432 e. The van der Waals surface area contributed by atoms with Crippen molar-refractivity contribution in [1.29, 1.82) is 0 Å². The summed E-state index contributed by atoms with van der Waals surface area (Å²) < 4.78 is 55.7. The van der Waals surface area contributed by atoms with E-state index in [4.69, 9.17) is 62.9 Å². The summed E-state index contributed by atoms with van der Waals surface area (Å²) in [6, 6.07) is 0.906. The van der Waals surface area contributed by atoms with Crippen LogP contribution in [0.3, 0.4) is 0 Å². The summed E-state index contributed by atoms with van der Waals surface area (Å²) in [5.74, 6) is -2.29.